The number of likely N-dealkylation sites (N-methyl/N-ethyl adjacent to an activating group) is 1. The molecule has 0 unspecified atom stereocenters. The summed E-state index contributed by atoms with van der Waals surface area (Å²) in [5, 5.41) is 8.96. The van der Waals surface area contributed by atoms with Crippen molar-refractivity contribution in [2.75, 3.05) is 11.9 Å². The highest BCUT2D eigenvalue weighted by atomic mass is 15.1. The number of nitriles is 1. The monoisotopic (exact) mass is 238 g/mol. The van der Waals surface area contributed by atoms with Gasteiger partial charge in [-0.2, -0.15) is 5.26 Å². The van der Waals surface area contributed by atoms with Gasteiger partial charge in [0.05, 0.1) is 17.9 Å². The van der Waals surface area contributed by atoms with Crippen LogP contribution < -0.4 is 4.90 Å². The fraction of sp³-hybridized carbons (Fsp3) is 0.214. The number of aliphatic imine (C=N–C) groups is 1. The van der Waals surface area contributed by atoms with Crippen LogP contribution in [-0.4, -0.2) is 17.7 Å². The van der Waals surface area contributed by atoms with E-state index in [1.54, 1.807) is 12.2 Å². The zero-order valence-corrected chi connectivity index (χ0v) is 10.5. The first-order chi connectivity index (χ1) is 8.61. The predicted octanol–water partition coefficient (Wildman–Crippen LogP) is 2.37. The molecule has 1 aliphatic heterocycles. The number of hydrogen-bond acceptors (Lipinski definition) is 4. The summed E-state index contributed by atoms with van der Waals surface area (Å²) in [4.78, 5) is 10.7. The highest BCUT2D eigenvalue weighted by Crippen LogP contribution is 2.23. The Morgan fingerprint density at radius 2 is 2.17 bits per heavy atom. The van der Waals surface area contributed by atoms with Gasteiger partial charge in [-0.1, -0.05) is 6.58 Å². The number of allylic oxidation sites excluding steroid dienone is 2. The summed E-state index contributed by atoms with van der Waals surface area (Å²) in [6.45, 7) is 6.32. The lowest BCUT2D eigenvalue weighted by atomic mass is 10.2. The molecule has 0 bridgehead atoms. The van der Waals surface area contributed by atoms with E-state index in [0.29, 0.717) is 12.3 Å². The van der Waals surface area contributed by atoms with Gasteiger partial charge in [0.15, 0.2) is 0 Å². The molecule has 4 nitrogen and oxygen atoms in total. The van der Waals surface area contributed by atoms with Crippen molar-refractivity contribution in [2.24, 2.45) is 4.99 Å². The van der Waals surface area contributed by atoms with E-state index in [0.717, 1.165) is 22.8 Å². The Balaban J connectivity index is 2.55. The molecule has 0 saturated carbocycles. The largest absolute Gasteiger partial charge is 0.344 e. The molecule has 0 saturated heterocycles. The van der Waals surface area contributed by atoms with Crippen molar-refractivity contribution in [3.8, 4) is 6.07 Å². The minimum absolute atomic E-state index is 0.390. The molecule has 4 heteroatoms. The van der Waals surface area contributed by atoms with Crippen LogP contribution in [0.3, 0.4) is 0 Å². The second-order valence-electron chi connectivity index (χ2n) is 4.12. The maximum Gasteiger partial charge on any atom is 0.135 e. The Morgan fingerprint density at radius 1 is 1.39 bits per heavy atom. The van der Waals surface area contributed by atoms with E-state index in [2.05, 4.69) is 22.6 Å². The van der Waals surface area contributed by atoms with Crippen LogP contribution in [0, 0.1) is 18.3 Å². The second-order valence-corrected chi connectivity index (χ2v) is 4.12. The normalized spacial score (nSPS) is 16.8. The lowest BCUT2D eigenvalue weighted by Crippen LogP contribution is -2.16. The fourth-order valence-corrected chi connectivity index (χ4v) is 1.75. The van der Waals surface area contributed by atoms with Crippen LogP contribution in [0.2, 0.25) is 0 Å². The van der Waals surface area contributed by atoms with Gasteiger partial charge in [-0.15, -0.1) is 0 Å². The second kappa shape index (κ2) is 4.84. The zero-order valence-electron chi connectivity index (χ0n) is 10.5. The number of rotatable bonds is 0. The number of pyridine rings is 1. The molecule has 0 fully saturated rings. The molecule has 2 heterocycles. The molecule has 1 aliphatic rings. The fourth-order valence-electron chi connectivity index (χ4n) is 1.75. The molecule has 90 valence electrons. The van der Waals surface area contributed by atoms with Gasteiger partial charge in [-0.05, 0) is 31.2 Å². The molecular weight excluding hydrogens is 224 g/mol. The maximum absolute atomic E-state index is 8.96. The summed E-state index contributed by atoms with van der Waals surface area (Å²) < 4.78 is 0. The molecular formula is C14H14N4. The summed E-state index contributed by atoms with van der Waals surface area (Å²) in [5.41, 5.74) is 3.95. The van der Waals surface area contributed by atoms with Crippen molar-refractivity contribution in [3.05, 3.63) is 47.9 Å². The summed E-state index contributed by atoms with van der Waals surface area (Å²) in [6, 6.07) is 6.02. The molecule has 0 aromatic carbocycles. The van der Waals surface area contributed by atoms with Crippen molar-refractivity contribution in [2.45, 2.75) is 13.5 Å². The SMILES string of the molecule is C=C1/C=C\C(C#N)=NCc2nc(C)ccc2N1C. The molecule has 0 atom stereocenters. The predicted molar refractivity (Wildman–Crippen MR) is 72.4 cm³/mol. The van der Waals surface area contributed by atoms with Gasteiger partial charge in [-0.3, -0.25) is 9.98 Å². The van der Waals surface area contributed by atoms with Gasteiger partial charge in [0.2, 0.25) is 0 Å². The Kier molecular flexibility index (Phi) is 3.24. The topological polar surface area (TPSA) is 52.3 Å². The number of fused-ring (bicyclic) bond motifs is 1. The molecule has 2 rings (SSSR count). The van der Waals surface area contributed by atoms with Gasteiger partial charge < -0.3 is 4.90 Å². The van der Waals surface area contributed by atoms with Crippen LogP contribution in [0.4, 0.5) is 5.69 Å². The first-order valence-electron chi connectivity index (χ1n) is 5.63. The standard InChI is InChI=1S/C14H14N4/c1-10-4-7-14-13(17-10)9-16-12(8-15)6-5-11(2)18(14)3/h4-7H,2,9H2,1,3H3/b6-5-,16-12?. The Bertz CT molecular complexity index is 590. The van der Waals surface area contributed by atoms with Crippen molar-refractivity contribution in [1.29, 1.82) is 5.26 Å². The maximum atomic E-state index is 8.96. The smallest absolute Gasteiger partial charge is 0.135 e. The van der Waals surface area contributed by atoms with Gasteiger partial charge in [0.25, 0.3) is 0 Å². The van der Waals surface area contributed by atoms with Crippen LogP contribution in [0.5, 0.6) is 0 Å². The quantitative estimate of drug-likeness (QED) is 0.697. The van der Waals surface area contributed by atoms with E-state index < -0.39 is 0 Å². The number of nitrogens with zero attached hydrogens (tertiary/aromatic N) is 4. The summed E-state index contributed by atoms with van der Waals surface area (Å²) in [7, 11) is 1.93. The Morgan fingerprint density at radius 3 is 2.89 bits per heavy atom. The van der Waals surface area contributed by atoms with Crippen molar-refractivity contribution >= 4 is 11.4 Å². The minimum atomic E-state index is 0.390. The highest BCUT2D eigenvalue weighted by Gasteiger charge is 2.12. The third-order valence-corrected chi connectivity index (χ3v) is 2.83. The molecule has 0 amide bonds. The first kappa shape index (κ1) is 12.1. The van der Waals surface area contributed by atoms with Crippen LogP contribution in [0.25, 0.3) is 0 Å². The van der Waals surface area contributed by atoms with E-state index in [9.17, 15) is 0 Å². The number of anilines is 1. The van der Waals surface area contributed by atoms with Gasteiger partial charge in [0, 0.05) is 18.4 Å². The number of hydrogen-bond donors (Lipinski definition) is 0. The van der Waals surface area contributed by atoms with E-state index in [1.807, 2.05) is 31.0 Å². The lowest BCUT2D eigenvalue weighted by Gasteiger charge is -2.21. The lowest BCUT2D eigenvalue weighted by molar-refractivity contribution is 0.952. The van der Waals surface area contributed by atoms with Crippen molar-refractivity contribution in [1.82, 2.24) is 4.98 Å². The van der Waals surface area contributed by atoms with Crippen LogP contribution in [-0.2, 0) is 6.54 Å². The minimum Gasteiger partial charge on any atom is -0.344 e. The van der Waals surface area contributed by atoms with E-state index in [4.69, 9.17) is 5.26 Å². The number of aromatic nitrogens is 1. The molecule has 0 N–H and O–H groups in total. The van der Waals surface area contributed by atoms with Gasteiger partial charge >= 0.3 is 0 Å². The Hall–Kier alpha value is -2.41. The molecule has 1 aromatic rings. The summed E-state index contributed by atoms with van der Waals surface area (Å²) in [6.07, 6.45) is 3.47. The van der Waals surface area contributed by atoms with E-state index in [1.165, 1.54) is 0 Å². The van der Waals surface area contributed by atoms with Gasteiger partial charge in [-0.25, -0.2) is 0 Å². The third kappa shape index (κ3) is 2.30. The van der Waals surface area contributed by atoms with Crippen molar-refractivity contribution < 1.29 is 0 Å². The van der Waals surface area contributed by atoms with Crippen LogP contribution in [0.1, 0.15) is 11.4 Å². The average molecular weight is 238 g/mol. The summed E-state index contributed by atoms with van der Waals surface area (Å²) in [5.74, 6) is 0. The van der Waals surface area contributed by atoms with E-state index >= 15 is 0 Å². The van der Waals surface area contributed by atoms with Crippen molar-refractivity contribution in [3.63, 3.8) is 0 Å². The average Bonchev–Trinajstić information content (AvgIpc) is 2.42. The summed E-state index contributed by atoms with van der Waals surface area (Å²) >= 11 is 0. The van der Waals surface area contributed by atoms with Gasteiger partial charge in [0.1, 0.15) is 11.8 Å². The van der Waals surface area contributed by atoms with Crippen LogP contribution in [0.15, 0.2) is 41.6 Å². The Labute approximate surface area is 107 Å². The molecule has 0 spiro atoms. The molecule has 0 aliphatic carbocycles. The highest BCUT2D eigenvalue weighted by molar-refractivity contribution is 6.07. The third-order valence-electron chi connectivity index (χ3n) is 2.83. The zero-order chi connectivity index (χ0) is 13.1. The molecule has 18 heavy (non-hydrogen) atoms. The molecule has 0 radical (unpaired) electrons. The van der Waals surface area contributed by atoms with Crippen LogP contribution >= 0.6 is 0 Å². The van der Waals surface area contributed by atoms with E-state index in [-0.39, 0.29) is 0 Å². The number of aryl methyl sites for hydroxylation is 1. The first-order valence-corrected chi connectivity index (χ1v) is 5.63. The molecule has 1 aromatic heterocycles.